The molecule has 0 bridgehead atoms. The lowest BCUT2D eigenvalue weighted by atomic mass is 10.0. The van der Waals surface area contributed by atoms with Gasteiger partial charge in [0.15, 0.2) is 0 Å². The zero-order valence-electron chi connectivity index (χ0n) is 14.6. The number of aromatic nitrogens is 2. The lowest BCUT2D eigenvalue weighted by molar-refractivity contribution is -0.117. The number of amides is 1. The summed E-state index contributed by atoms with van der Waals surface area (Å²) in [6.07, 6.45) is 3.57. The summed E-state index contributed by atoms with van der Waals surface area (Å²) in [5.41, 5.74) is 3.00. The Labute approximate surface area is 155 Å². The smallest absolute Gasteiger partial charge is 0.277 e. The SMILES string of the molecule is Cc1occc1-c1nnc(S[C@H](C)C(=O)N2CCCc3ccccc32)o1. The molecule has 7 heteroatoms. The highest BCUT2D eigenvalue weighted by Gasteiger charge is 2.28. The van der Waals surface area contributed by atoms with Crippen molar-refractivity contribution in [1.82, 2.24) is 10.2 Å². The number of benzene rings is 1. The van der Waals surface area contributed by atoms with E-state index < -0.39 is 0 Å². The predicted molar refractivity (Wildman–Crippen MR) is 99.2 cm³/mol. The number of hydrogen-bond acceptors (Lipinski definition) is 6. The Balaban J connectivity index is 1.49. The molecule has 1 aromatic carbocycles. The molecule has 0 aliphatic carbocycles. The van der Waals surface area contributed by atoms with Gasteiger partial charge in [0.1, 0.15) is 5.76 Å². The lowest BCUT2D eigenvalue weighted by Gasteiger charge is -2.31. The Kier molecular flexibility index (Phi) is 4.55. The first kappa shape index (κ1) is 16.9. The van der Waals surface area contributed by atoms with E-state index in [1.54, 1.807) is 12.3 Å². The van der Waals surface area contributed by atoms with E-state index in [0.29, 0.717) is 11.1 Å². The van der Waals surface area contributed by atoms with Crippen LogP contribution in [0.25, 0.3) is 11.5 Å². The fraction of sp³-hybridized carbons (Fsp3) is 0.316. The highest BCUT2D eigenvalue weighted by atomic mass is 32.2. The van der Waals surface area contributed by atoms with Crippen molar-refractivity contribution in [2.45, 2.75) is 37.2 Å². The van der Waals surface area contributed by atoms with Crippen molar-refractivity contribution in [3.8, 4) is 11.5 Å². The maximum atomic E-state index is 13.0. The zero-order valence-corrected chi connectivity index (χ0v) is 15.5. The van der Waals surface area contributed by atoms with Gasteiger partial charge in [0, 0.05) is 12.2 Å². The van der Waals surface area contributed by atoms with Crippen LogP contribution in [0.3, 0.4) is 0 Å². The minimum absolute atomic E-state index is 0.0568. The van der Waals surface area contributed by atoms with E-state index in [2.05, 4.69) is 16.3 Å². The van der Waals surface area contributed by atoms with Crippen molar-refractivity contribution in [3.05, 3.63) is 47.9 Å². The first-order chi connectivity index (χ1) is 12.6. The van der Waals surface area contributed by atoms with Crippen LogP contribution in [0.15, 0.2) is 50.7 Å². The van der Waals surface area contributed by atoms with Crippen molar-refractivity contribution in [2.75, 3.05) is 11.4 Å². The fourth-order valence-electron chi connectivity index (χ4n) is 3.16. The highest BCUT2D eigenvalue weighted by molar-refractivity contribution is 8.00. The standard InChI is InChI=1S/C19H19N3O3S/c1-12-15(9-11-24-12)17-20-21-19(25-17)26-13(2)18(23)22-10-5-7-14-6-3-4-8-16(14)22/h3-4,6,8-9,11,13H,5,7,10H2,1-2H3/t13-/m1/s1. The van der Waals surface area contributed by atoms with E-state index in [0.717, 1.165) is 36.4 Å². The molecule has 1 aliphatic heterocycles. The van der Waals surface area contributed by atoms with Gasteiger partial charge in [-0.25, -0.2) is 0 Å². The van der Waals surface area contributed by atoms with Gasteiger partial charge in [-0.1, -0.05) is 30.0 Å². The van der Waals surface area contributed by atoms with Crippen LogP contribution in [0.5, 0.6) is 0 Å². The maximum absolute atomic E-state index is 13.0. The Bertz CT molecular complexity index is 934. The summed E-state index contributed by atoms with van der Waals surface area (Å²) in [7, 11) is 0. The number of anilines is 1. The number of fused-ring (bicyclic) bond motifs is 1. The number of thioether (sulfide) groups is 1. The average molecular weight is 369 g/mol. The normalized spacial score (nSPS) is 14.9. The Morgan fingerprint density at radius 1 is 1.27 bits per heavy atom. The molecule has 0 saturated heterocycles. The molecule has 1 aliphatic rings. The number of para-hydroxylation sites is 1. The molecule has 2 aromatic heterocycles. The van der Waals surface area contributed by atoms with E-state index in [1.165, 1.54) is 17.3 Å². The third-order valence-corrected chi connectivity index (χ3v) is 5.42. The number of carbonyl (C=O) groups excluding carboxylic acids is 1. The number of rotatable bonds is 4. The van der Waals surface area contributed by atoms with Gasteiger partial charge >= 0.3 is 0 Å². The van der Waals surface area contributed by atoms with Crippen LogP contribution in [0.1, 0.15) is 24.7 Å². The van der Waals surface area contributed by atoms with E-state index in [-0.39, 0.29) is 11.2 Å². The molecule has 134 valence electrons. The molecule has 0 unspecified atom stereocenters. The van der Waals surface area contributed by atoms with Crippen LogP contribution in [-0.4, -0.2) is 27.9 Å². The molecule has 0 saturated carbocycles. The van der Waals surface area contributed by atoms with Crippen molar-refractivity contribution in [2.24, 2.45) is 0 Å². The first-order valence-corrected chi connectivity index (χ1v) is 9.45. The summed E-state index contributed by atoms with van der Waals surface area (Å²) >= 11 is 1.28. The molecular weight excluding hydrogens is 350 g/mol. The summed E-state index contributed by atoms with van der Waals surface area (Å²) < 4.78 is 11.0. The molecule has 1 atom stereocenters. The fourth-order valence-corrected chi connectivity index (χ4v) is 3.90. The summed E-state index contributed by atoms with van der Waals surface area (Å²) in [5.74, 6) is 1.18. The molecule has 0 radical (unpaired) electrons. The molecule has 6 nitrogen and oxygen atoms in total. The number of furan rings is 1. The largest absolute Gasteiger partial charge is 0.469 e. The maximum Gasteiger partial charge on any atom is 0.277 e. The zero-order chi connectivity index (χ0) is 18.1. The Hall–Kier alpha value is -2.54. The molecule has 0 N–H and O–H groups in total. The molecule has 3 aromatic rings. The van der Waals surface area contributed by atoms with Gasteiger partial charge in [-0.2, -0.15) is 0 Å². The molecule has 0 spiro atoms. The molecule has 0 fully saturated rings. The topological polar surface area (TPSA) is 72.4 Å². The van der Waals surface area contributed by atoms with Gasteiger partial charge in [0.05, 0.1) is 17.1 Å². The van der Waals surface area contributed by atoms with Gasteiger partial charge in [-0.05, 0) is 44.4 Å². The second kappa shape index (κ2) is 6.99. The minimum Gasteiger partial charge on any atom is -0.469 e. The average Bonchev–Trinajstić information content (AvgIpc) is 3.29. The van der Waals surface area contributed by atoms with E-state index in [9.17, 15) is 4.79 Å². The summed E-state index contributed by atoms with van der Waals surface area (Å²) in [6.45, 7) is 4.45. The van der Waals surface area contributed by atoms with Crippen molar-refractivity contribution >= 4 is 23.4 Å². The third kappa shape index (κ3) is 3.14. The van der Waals surface area contributed by atoms with Crippen LogP contribution < -0.4 is 4.90 Å². The number of carbonyl (C=O) groups is 1. The van der Waals surface area contributed by atoms with Gasteiger partial charge in [-0.3, -0.25) is 4.79 Å². The van der Waals surface area contributed by atoms with Gasteiger partial charge in [-0.15, -0.1) is 10.2 Å². The lowest BCUT2D eigenvalue weighted by Crippen LogP contribution is -2.40. The van der Waals surface area contributed by atoms with Crippen molar-refractivity contribution in [3.63, 3.8) is 0 Å². The summed E-state index contributed by atoms with van der Waals surface area (Å²) in [6, 6.07) is 9.87. The van der Waals surface area contributed by atoms with Crippen molar-refractivity contribution < 1.29 is 13.6 Å². The van der Waals surface area contributed by atoms with Crippen LogP contribution in [0.2, 0.25) is 0 Å². The molecular formula is C19H19N3O3S. The summed E-state index contributed by atoms with van der Waals surface area (Å²) in [5, 5.41) is 8.18. The van der Waals surface area contributed by atoms with Crippen LogP contribution >= 0.6 is 11.8 Å². The first-order valence-electron chi connectivity index (χ1n) is 8.57. The number of nitrogens with zero attached hydrogens (tertiary/aromatic N) is 3. The van der Waals surface area contributed by atoms with Gasteiger partial charge in [0.2, 0.25) is 5.91 Å². The summed E-state index contributed by atoms with van der Waals surface area (Å²) in [4.78, 5) is 14.8. The minimum atomic E-state index is -0.320. The molecule has 26 heavy (non-hydrogen) atoms. The van der Waals surface area contributed by atoms with E-state index >= 15 is 0 Å². The monoisotopic (exact) mass is 369 g/mol. The van der Waals surface area contributed by atoms with Gasteiger partial charge < -0.3 is 13.7 Å². The quantitative estimate of drug-likeness (QED) is 0.645. The Morgan fingerprint density at radius 3 is 2.92 bits per heavy atom. The highest BCUT2D eigenvalue weighted by Crippen LogP contribution is 2.32. The van der Waals surface area contributed by atoms with E-state index in [4.69, 9.17) is 8.83 Å². The Morgan fingerprint density at radius 2 is 2.12 bits per heavy atom. The second-order valence-corrected chi connectivity index (χ2v) is 7.54. The molecule has 3 heterocycles. The third-order valence-electron chi connectivity index (χ3n) is 4.50. The van der Waals surface area contributed by atoms with Crippen LogP contribution in [0, 0.1) is 6.92 Å². The number of hydrogen-bond donors (Lipinski definition) is 0. The van der Waals surface area contributed by atoms with E-state index in [1.807, 2.05) is 36.9 Å². The van der Waals surface area contributed by atoms with Crippen molar-refractivity contribution in [1.29, 1.82) is 0 Å². The van der Waals surface area contributed by atoms with Crippen LogP contribution in [0.4, 0.5) is 5.69 Å². The van der Waals surface area contributed by atoms with Gasteiger partial charge in [0.25, 0.3) is 11.1 Å². The molecule has 4 rings (SSSR count). The molecule has 1 amide bonds. The predicted octanol–water partition coefficient (Wildman–Crippen LogP) is 4.10. The second-order valence-electron chi connectivity index (χ2n) is 6.25. The number of aryl methyl sites for hydroxylation is 2. The van der Waals surface area contributed by atoms with Crippen LogP contribution in [-0.2, 0) is 11.2 Å².